The number of anilines is 1. The van der Waals surface area contributed by atoms with Gasteiger partial charge in [-0.25, -0.2) is 9.97 Å². The van der Waals surface area contributed by atoms with Crippen LogP contribution in [0.3, 0.4) is 0 Å². The zero-order valence-corrected chi connectivity index (χ0v) is 12.6. The lowest BCUT2D eigenvalue weighted by molar-refractivity contribution is 0.102. The highest BCUT2D eigenvalue weighted by Gasteiger charge is 2.13. The van der Waals surface area contributed by atoms with E-state index in [-0.39, 0.29) is 22.9 Å². The monoisotopic (exact) mass is 304 g/mol. The van der Waals surface area contributed by atoms with E-state index in [0.29, 0.717) is 5.16 Å². The van der Waals surface area contributed by atoms with Crippen molar-refractivity contribution in [1.29, 1.82) is 5.26 Å². The van der Waals surface area contributed by atoms with Crippen LogP contribution in [-0.2, 0) is 0 Å². The average molecular weight is 304 g/mol. The van der Waals surface area contributed by atoms with Crippen molar-refractivity contribution in [1.82, 2.24) is 9.97 Å². The standard InChI is InChI=1S/C13H12N4OS2/c1-7-3-10(8(2)20-7)11(18)6-19-13-16-5-9(4-14)12(15)17-13/h3,5H,6H2,1-2H3,(H2,15,16,17). The molecule has 7 heteroatoms. The number of nitrogens with zero attached hydrogens (tertiary/aromatic N) is 3. The molecule has 20 heavy (non-hydrogen) atoms. The van der Waals surface area contributed by atoms with E-state index in [1.807, 2.05) is 26.0 Å². The molecule has 2 heterocycles. The van der Waals surface area contributed by atoms with Gasteiger partial charge in [-0.05, 0) is 19.9 Å². The number of ketones is 1. The fraction of sp³-hybridized carbons (Fsp3) is 0.231. The predicted octanol–water partition coefficient (Wildman–Crippen LogP) is 2.58. The summed E-state index contributed by atoms with van der Waals surface area (Å²) in [6.07, 6.45) is 1.37. The topological polar surface area (TPSA) is 92.7 Å². The second kappa shape index (κ2) is 6.03. The summed E-state index contributed by atoms with van der Waals surface area (Å²) in [5.41, 5.74) is 6.60. The molecule has 0 saturated heterocycles. The van der Waals surface area contributed by atoms with E-state index in [1.54, 1.807) is 11.3 Å². The van der Waals surface area contributed by atoms with Crippen LogP contribution < -0.4 is 5.73 Å². The van der Waals surface area contributed by atoms with Gasteiger partial charge in [-0.2, -0.15) is 5.26 Å². The number of nitriles is 1. The summed E-state index contributed by atoms with van der Waals surface area (Å²) >= 11 is 2.83. The Balaban J connectivity index is 2.06. The van der Waals surface area contributed by atoms with Crippen molar-refractivity contribution in [3.05, 3.63) is 33.1 Å². The van der Waals surface area contributed by atoms with Crippen molar-refractivity contribution < 1.29 is 4.79 Å². The molecule has 0 aromatic carbocycles. The molecule has 0 spiro atoms. The van der Waals surface area contributed by atoms with Crippen molar-refractivity contribution >= 4 is 34.7 Å². The summed E-state index contributed by atoms with van der Waals surface area (Å²) < 4.78 is 0. The number of hydrogen-bond acceptors (Lipinski definition) is 7. The van der Waals surface area contributed by atoms with Gasteiger partial charge in [0.05, 0.1) is 11.9 Å². The predicted molar refractivity (Wildman–Crippen MR) is 80.0 cm³/mol. The van der Waals surface area contributed by atoms with Gasteiger partial charge in [0.1, 0.15) is 17.5 Å². The summed E-state index contributed by atoms with van der Waals surface area (Å²) in [5.74, 6) is 0.436. The Labute approximate surface area is 124 Å². The van der Waals surface area contributed by atoms with Crippen molar-refractivity contribution in [3.8, 4) is 6.07 Å². The van der Waals surface area contributed by atoms with Gasteiger partial charge in [-0.3, -0.25) is 4.79 Å². The number of thiophene rings is 1. The summed E-state index contributed by atoms with van der Waals surface area (Å²) in [4.78, 5) is 22.2. The summed E-state index contributed by atoms with van der Waals surface area (Å²) in [5, 5.41) is 9.14. The molecule has 0 saturated carbocycles. The quantitative estimate of drug-likeness (QED) is 0.530. The number of nitrogen functional groups attached to an aromatic ring is 1. The minimum absolute atomic E-state index is 0.0448. The maximum Gasteiger partial charge on any atom is 0.189 e. The van der Waals surface area contributed by atoms with Crippen molar-refractivity contribution in [2.45, 2.75) is 19.0 Å². The minimum atomic E-state index is 0.0448. The van der Waals surface area contributed by atoms with Gasteiger partial charge in [0.2, 0.25) is 0 Å². The fourth-order valence-electron chi connectivity index (χ4n) is 1.65. The van der Waals surface area contributed by atoms with Crippen LogP contribution in [0.4, 0.5) is 5.82 Å². The molecule has 0 unspecified atom stereocenters. The van der Waals surface area contributed by atoms with Crippen LogP contribution in [-0.4, -0.2) is 21.5 Å². The lowest BCUT2D eigenvalue weighted by Crippen LogP contribution is -2.04. The SMILES string of the molecule is Cc1cc(C(=O)CSc2ncc(C#N)c(N)n2)c(C)s1. The molecular formula is C13H12N4OS2. The Morgan fingerprint density at radius 1 is 1.55 bits per heavy atom. The van der Waals surface area contributed by atoms with Gasteiger partial charge in [0.15, 0.2) is 10.9 Å². The third kappa shape index (κ3) is 3.15. The Morgan fingerprint density at radius 3 is 2.85 bits per heavy atom. The highest BCUT2D eigenvalue weighted by molar-refractivity contribution is 7.99. The lowest BCUT2D eigenvalue weighted by atomic mass is 10.2. The summed E-state index contributed by atoms with van der Waals surface area (Å²) in [6, 6.07) is 3.80. The van der Waals surface area contributed by atoms with Gasteiger partial charge >= 0.3 is 0 Å². The van der Waals surface area contributed by atoms with Gasteiger partial charge in [-0.15, -0.1) is 11.3 Å². The molecule has 0 atom stereocenters. The minimum Gasteiger partial charge on any atom is -0.382 e. The summed E-state index contributed by atoms with van der Waals surface area (Å²) in [7, 11) is 0. The first-order valence-corrected chi connectivity index (χ1v) is 7.57. The van der Waals surface area contributed by atoms with E-state index in [4.69, 9.17) is 11.0 Å². The molecule has 0 aliphatic carbocycles. The van der Waals surface area contributed by atoms with Crippen LogP contribution in [0.25, 0.3) is 0 Å². The second-order valence-electron chi connectivity index (χ2n) is 4.10. The molecule has 5 nitrogen and oxygen atoms in total. The zero-order chi connectivity index (χ0) is 14.7. The molecule has 0 amide bonds. The maximum atomic E-state index is 12.1. The lowest BCUT2D eigenvalue weighted by Gasteiger charge is -2.01. The highest BCUT2D eigenvalue weighted by Crippen LogP contribution is 2.23. The van der Waals surface area contributed by atoms with E-state index in [1.165, 1.54) is 18.0 Å². The van der Waals surface area contributed by atoms with Crippen molar-refractivity contribution in [3.63, 3.8) is 0 Å². The van der Waals surface area contributed by atoms with Crippen LogP contribution >= 0.6 is 23.1 Å². The third-order valence-electron chi connectivity index (χ3n) is 2.59. The molecule has 2 aromatic rings. The first kappa shape index (κ1) is 14.5. The van der Waals surface area contributed by atoms with Crippen LogP contribution in [0.2, 0.25) is 0 Å². The van der Waals surface area contributed by atoms with Gasteiger partial charge in [0, 0.05) is 15.3 Å². The first-order chi connectivity index (χ1) is 9.51. The second-order valence-corrected chi connectivity index (χ2v) is 6.51. The van der Waals surface area contributed by atoms with Crippen LogP contribution in [0.1, 0.15) is 25.7 Å². The maximum absolute atomic E-state index is 12.1. The molecule has 2 N–H and O–H groups in total. The molecular weight excluding hydrogens is 292 g/mol. The Bertz CT molecular complexity index is 703. The Hall–Kier alpha value is -1.91. The fourth-order valence-corrected chi connectivity index (χ4v) is 3.30. The molecule has 0 radical (unpaired) electrons. The van der Waals surface area contributed by atoms with Crippen molar-refractivity contribution in [2.24, 2.45) is 0 Å². The van der Waals surface area contributed by atoms with Gasteiger partial charge in [-0.1, -0.05) is 11.8 Å². The smallest absolute Gasteiger partial charge is 0.189 e. The highest BCUT2D eigenvalue weighted by atomic mass is 32.2. The molecule has 0 fully saturated rings. The first-order valence-electron chi connectivity index (χ1n) is 5.77. The zero-order valence-electron chi connectivity index (χ0n) is 11.0. The number of Topliss-reactive ketones (excluding diaryl/α,β-unsaturated/α-hetero) is 1. The average Bonchev–Trinajstić information content (AvgIpc) is 2.75. The van der Waals surface area contributed by atoms with Crippen LogP contribution in [0, 0.1) is 25.2 Å². The molecule has 2 aromatic heterocycles. The Morgan fingerprint density at radius 2 is 2.30 bits per heavy atom. The van der Waals surface area contributed by atoms with Gasteiger partial charge < -0.3 is 5.73 Å². The van der Waals surface area contributed by atoms with Gasteiger partial charge in [0.25, 0.3) is 0 Å². The molecule has 2 rings (SSSR count). The van der Waals surface area contributed by atoms with Crippen LogP contribution in [0.5, 0.6) is 0 Å². The van der Waals surface area contributed by atoms with Crippen LogP contribution in [0.15, 0.2) is 17.4 Å². The van der Waals surface area contributed by atoms with E-state index < -0.39 is 0 Å². The molecule has 0 aliphatic heterocycles. The number of thioether (sulfide) groups is 1. The van der Waals surface area contributed by atoms with E-state index in [0.717, 1.165) is 15.3 Å². The third-order valence-corrected chi connectivity index (χ3v) is 4.42. The largest absolute Gasteiger partial charge is 0.382 e. The number of rotatable bonds is 4. The summed E-state index contributed by atoms with van der Waals surface area (Å²) in [6.45, 7) is 3.91. The molecule has 102 valence electrons. The van der Waals surface area contributed by atoms with E-state index in [2.05, 4.69) is 9.97 Å². The number of aryl methyl sites for hydroxylation is 2. The molecule has 0 bridgehead atoms. The van der Waals surface area contributed by atoms with E-state index >= 15 is 0 Å². The Kier molecular flexibility index (Phi) is 4.37. The number of carbonyl (C=O) groups is 1. The van der Waals surface area contributed by atoms with E-state index in [9.17, 15) is 4.79 Å². The number of hydrogen-bond donors (Lipinski definition) is 1. The molecule has 0 aliphatic rings. The number of carbonyl (C=O) groups excluding carboxylic acids is 1. The number of aromatic nitrogens is 2. The number of nitrogens with two attached hydrogens (primary N) is 1. The van der Waals surface area contributed by atoms with Crippen molar-refractivity contribution in [2.75, 3.05) is 11.5 Å². The normalized spacial score (nSPS) is 10.2.